The second-order valence-corrected chi connectivity index (χ2v) is 5.70. The van der Waals surface area contributed by atoms with Crippen LogP contribution in [0.2, 0.25) is 0 Å². The number of ether oxygens (including phenoxy) is 1. The van der Waals surface area contributed by atoms with Gasteiger partial charge in [0.25, 0.3) is 5.91 Å². The summed E-state index contributed by atoms with van der Waals surface area (Å²) < 4.78 is 7.05. The van der Waals surface area contributed by atoms with E-state index in [2.05, 4.69) is 25.6 Å². The van der Waals surface area contributed by atoms with Gasteiger partial charge in [-0.15, -0.1) is 5.10 Å². The third-order valence-electron chi connectivity index (χ3n) is 3.95. The van der Waals surface area contributed by atoms with Crippen LogP contribution in [0.1, 0.15) is 22.5 Å². The lowest BCUT2D eigenvalue weighted by Gasteiger charge is -2.10. The summed E-state index contributed by atoms with van der Waals surface area (Å²) in [6, 6.07) is 7.32. The van der Waals surface area contributed by atoms with Crippen LogP contribution in [-0.4, -0.2) is 44.5 Å². The highest BCUT2D eigenvalue weighted by molar-refractivity contribution is 5.94. The molecule has 0 spiro atoms. The van der Waals surface area contributed by atoms with Crippen molar-refractivity contribution in [3.05, 3.63) is 54.2 Å². The van der Waals surface area contributed by atoms with E-state index in [-0.39, 0.29) is 5.91 Å². The van der Waals surface area contributed by atoms with Crippen LogP contribution in [0.15, 0.2) is 43.0 Å². The first kappa shape index (κ1) is 17.5. The summed E-state index contributed by atoms with van der Waals surface area (Å²) in [5, 5.41) is 10.5. The minimum absolute atomic E-state index is 0.108. The SMILES string of the molecule is COc1ncnc(C)c1-c1ccc(C(=O)NCCCn2ccnn2)cc1. The van der Waals surface area contributed by atoms with Crippen molar-refractivity contribution in [1.29, 1.82) is 0 Å². The molecule has 1 amide bonds. The Kier molecular flexibility index (Phi) is 5.52. The molecule has 1 N–H and O–H groups in total. The first-order chi connectivity index (χ1) is 12.7. The predicted octanol–water partition coefficient (Wildman–Crippen LogP) is 1.87. The summed E-state index contributed by atoms with van der Waals surface area (Å²) in [5.74, 6) is 0.408. The third kappa shape index (κ3) is 4.02. The smallest absolute Gasteiger partial charge is 0.251 e. The maximum absolute atomic E-state index is 12.2. The number of carbonyl (C=O) groups excluding carboxylic acids is 1. The number of rotatable bonds is 7. The fourth-order valence-corrected chi connectivity index (χ4v) is 2.62. The van der Waals surface area contributed by atoms with Crippen molar-refractivity contribution in [2.75, 3.05) is 13.7 Å². The van der Waals surface area contributed by atoms with Gasteiger partial charge in [0, 0.05) is 24.8 Å². The van der Waals surface area contributed by atoms with Crippen molar-refractivity contribution in [3.63, 3.8) is 0 Å². The Bertz CT molecular complexity index is 862. The molecule has 26 heavy (non-hydrogen) atoms. The zero-order chi connectivity index (χ0) is 18.4. The van der Waals surface area contributed by atoms with Crippen molar-refractivity contribution >= 4 is 5.91 Å². The molecule has 0 atom stereocenters. The van der Waals surface area contributed by atoms with E-state index in [0.29, 0.717) is 24.5 Å². The molecular formula is C18H20N6O2. The number of nitrogens with zero attached hydrogens (tertiary/aromatic N) is 5. The largest absolute Gasteiger partial charge is 0.480 e. The normalized spacial score (nSPS) is 10.5. The Morgan fingerprint density at radius 1 is 1.23 bits per heavy atom. The average molecular weight is 352 g/mol. The first-order valence-corrected chi connectivity index (χ1v) is 8.27. The van der Waals surface area contributed by atoms with E-state index >= 15 is 0 Å². The van der Waals surface area contributed by atoms with Crippen LogP contribution in [0.3, 0.4) is 0 Å². The average Bonchev–Trinajstić information content (AvgIpc) is 3.18. The predicted molar refractivity (Wildman–Crippen MR) is 95.7 cm³/mol. The van der Waals surface area contributed by atoms with Gasteiger partial charge >= 0.3 is 0 Å². The maximum Gasteiger partial charge on any atom is 0.251 e. The molecule has 8 nitrogen and oxygen atoms in total. The summed E-state index contributed by atoms with van der Waals surface area (Å²) in [4.78, 5) is 20.6. The van der Waals surface area contributed by atoms with Gasteiger partial charge in [0.15, 0.2) is 0 Å². The number of hydrogen-bond acceptors (Lipinski definition) is 6. The number of aryl methyl sites for hydroxylation is 2. The van der Waals surface area contributed by atoms with Gasteiger partial charge < -0.3 is 10.1 Å². The van der Waals surface area contributed by atoms with Gasteiger partial charge in [-0.25, -0.2) is 9.97 Å². The Hall–Kier alpha value is -3.29. The molecule has 0 radical (unpaired) electrons. The van der Waals surface area contributed by atoms with Crippen LogP contribution in [0, 0.1) is 6.92 Å². The molecule has 8 heteroatoms. The van der Waals surface area contributed by atoms with Crippen molar-refractivity contribution in [1.82, 2.24) is 30.3 Å². The summed E-state index contributed by atoms with van der Waals surface area (Å²) in [6.07, 6.45) is 5.68. The molecule has 0 saturated heterocycles. The second-order valence-electron chi connectivity index (χ2n) is 5.70. The fraction of sp³-hybridized carbons (Fsp3) is 0.278. The molecule has 3 rings (SSSR count). The molecule has 2 heterocycles. The molecule has 3 aromatic rings. The van der Waals surface area contributed by atoms with E-state index in [1.165, 1.54) is 6.33 Å². The van der Waals surface area contributed by atoms with Crippen LogP contribution in [0.4, 0.5) is 0 Å². The standard InChI is InChI=1S/C18H20N6O2/c1-13-16(18(26-2)21-12-20-13)14-4-6-15(7-5-14)17(25)19-8-3-10-24-11-9-22-23-24/h4-7,9,11-12H,3,8,10H2,1-2H3,(H,19,25). The third-order valence-corrected chi connectivity index (χ3v) is 3.95. The number of nitrogens with one attached hydrogen (secondary N) is 1. The molecule has 0 aliphatic rings. The molecule has 134 valence electrons. The van der Waals surface area contributed by atoms with Gasteiger partial charge in [0.05, 0.1) is 24.6 Å². The molecule has 2 aromatic heterocycles. The van der Waals surface area contributed by atoms with Crippen LogP contribution >= 0.6 is 0 Å². The number of benzene rings is 1. The van der Waals surface area contributed by atoms with E-state index in [1.807, 2.05) is 19.1 Å². The van der Waals surface area contributed by atoms with Crippen molar-refractivity contribution in [3.8, 4) is 17.0 Å². The molecule has 0 aliphatic heterocycles. The lowest BCUT2D eigenvalue weighted by atomic mass is 10.0. The van der Waals surface area contributed by atoms with Crippen LogP contribution in [0.5, 0.6) is 5.88 Å². The highest BCUT2D eigenvalue weighted by atomic mass is 16.5. The second kappa shape index (κ2) is 8.19. The number of aromatic nitrogens is 5. The minimum Gasteiger partial charge on any atom is -0.480 e. The fourth-order valence-electron chi connectivity index (χ4n) is 2.62. The monoisotopic (exact) mass is 352 g/mol. The van der Waals surface area contributed by atoms with Crippen molar-refractivity contribution < 1.29 is 9.53 Å². The lowest BCUT2D eigenvalue weighted by molar-refractivity contribution is 0.0952. The van der Waals surface area contributed by atoms with Gasteiger partial charge in [-0.1, -0.05) is 17.3 Å². The quantitative estimate of drug-likeness (QED) is 0.652. The molecule has 0 bridgehead atoms. The number of amides is 1. The first-order valence-electron chi connectivity index (χ1n) is 8.27. The highest BCUT2D eigenvalue weighted by Crippen LogP contribution is 2.29. The van der Waals surface area contributed by atoms with Crippen LogP contribution in [0.25, 0.3) is 11.1 Å². The topological polar surface area (TPSA) is 94.8 Å². The van der Waals surface area contributed by atoms with E-state index in [9.17, 15) is 4.79 Å². The Morgan fingerprint density at radius 2 is 2.04 bits per heavy atom. The molecule has 0 saturated carbocycles. The molecular weight excluding hydrogens is 332 g/mol. The van der Waals surface area contributed by atoms with Crippen molar-refractivity contribution in [2.24, 2.45) is 0 Å². The highest BCUT2D eigenvalue weighted by Gasteiger charge is 2.12. The van der Waals surface area contributed by atoms with E-state index in [1.54, 1.807) is 36.3 Å². The molecule has 0 fully saturated rings. The Morgan fingerprint density at radius 3 is 2.73 bits per heavy atom. The van der Waals surface area contributed by atoms with Gasteiger partial charge in [-0.2, -0.15) is 0 Å². The summed E-state index contributed by atoms with van der Waals surface area (Å²) in [5.41, 5.74) is 3.16. The number of carbonyl (C=O) groups is 1. The van der Waals surface area contributed by atoms with Gasteiger partial charge in [-0.3, -0.25) is 9.48 Å². The van der Waals surface area contributed by atoms with E-state index in [4.69, 9.17) is 4.74 Å². The Balaban J connectivity index is 1.61. The summed E-state index contributed by atoms with van der Waals surface area (Å²) in [7, 11) is 1.58. The lowest BCUT2D eigenvalue weighted by Crippen LogP contribution is -2.25. The minimum atomic E-state index is -0.108. The Labute approximate surface area is 151 Å². The van der Waals surface area contributed by atoms with Gasteiger partial charge in [0.1, 0.15) is 6.33 Å². The van der Waals surface area contributed by atoms with E-state index < -0.39 is 0 Å². The molecule has 0 unspecified atom stereocenters. The maximum atomic E-state index is 12.2. The summed E-state index contributed by atoms with van der Waals surface area (Å²) in [6.45, 7) is 3.18. The zero-order valence-electron chi connectivity index (χ0n) is 14.7. The van der Waals surface area contributed by atoms with Crippen LogP contribution < -0.4 is 10.1 Å². The van der Waals surface area contributed by atoms with E-state index in [0.717, 1.165) is 23.2 Å². The zero-order valence-corrected chi connectivity index (χ0v) is 14.7. The van der Waals surface area contributed by atoms with Crippen molar-refractivity contribution in [2.45, 2.75) is 19.9 Å². The van der Waals surface area contributed by atoms with Gasteiger partial charge in [-0.05, 0) is 31.0 Å². The number of methoxy groups -OCH3 is 1. The molecule has 1 aromatic carbocycles. The number of hydrogen-bond donors (Lipinski definition) is 1. The molecule has 0 aliphatic carbocycles. The summed E-state index contributed by atoms with van der Waals surface area (Å²) >= 11 is 0. The van der Waals surface area contributed by atoms with Crippen LogP contribution in [-0.2, 0) is 6.54 Å². The van der Waals surface area contributed by atoms with Gasteiger partial charge in [0.2, 0.25) is 5.88 Å².